The van der Waals surface area contributed by atoms with Gasteiger partial charge in [0.25, 0.3) is 11.7 Å². The summed E-state index contributed by atoms with van der Waals surface area (Å²) in [6.45, 7) is 1.29. The molecule has 1 amide bonds. The summed E-state index contributed by atoms with van der Waals surface area (Å²) in [4.78, 5) is 22.7. The average molecular weight is 262 g/mol. The van der Waals surface area contributed by atoms with Gasteiger partial charge in [-0.1, -0.05) is 5.16 Å². The number of nitrogens with zero attached hydrogens (tertiary/aromatic N) is 3. The number of hydrogen-bond acceptors (Lipinski definition) is 6. The van der Waals surface area contributed by atoms with E-state index >= 15 is 0 Å². The summed E-state index contributed by atoms with van der Waals surface area (Å²) < 4.78 is 5.10. The molecule has 0 bridgehead atoms. The monoisotopic (exact) mass is 262 g/mol. The summed E-state index contributed by atoms with van der Waals surface area (Å²) in [6, 6.07) is 0.0710. The second kappa shape index (κ2) is 5.19. The third-order valence-electron chi connectivity index (χ3n) is 3.00. The maximum atomic E-state index is 11.8. The van der Waals surface area contributed by atoms with E-state index in [0.717, 1.165) is 25.1 Å². The van der Waals surface area contributed by atoms with Crippen molar-refractivity contribution in [2.75, 3.05) is 6.54 Å². The van der Waals surface area contributed by atoms with Crippen LogP contribution in [0.4, 0.5) is 0 Å². The van der Waals surface area contributed by atoms with Crippen molar-refractivity contribution in [3.8, 4) is 0 Å². The van der Waals surface area contributed by atoms with Crippen molar-refractivity contribution >= 4 is 5.91 Å². The molecule has 1 fully saturated rings. The van der Waals surface area contributed by atoms with Gasteiger partial charge in [-0.2, -0.15) is 4.98 Å². The second-order valence-corrected chi connectivity index (χ2v) is 4.36. The Bertz CT molecular complexity index is 543. The number of aromatic nitrogens is 4. The van der Waals surface area contributed by atoms with Gasteiger partial charge in [-0.25, -0.2) is 4.98 Å². The van der Waals surface area contributed by atoms with Crippen LogP contribution in [-0.4, -0.2) is 32.6 Å². The molecule has 0 spiro atoms. The van der Waals surface area contributed by atoms with Crippen LogP contribution in [0.2, 0.25) is 0 Å². The van der Waals surface area contributed by atoms with Crippen LogP contribution in [0.15, 0.2) is 17.0 Å². The number of carbonyl (C=O) groups is 1. The zero-order valence-corrected chi connectivity index (χ0v) is 10.2. The summed E-state index contributed by atoms with van der Waals surface area (Å²) in [6.07, 6.45) is 5.23. The van der Waals surface area contributed by atoms with Crippen LogP contribution in [-0.2, 0) is 6.54 Å². The molecule has 1 saturated heterocycles. The molecular formula is C11H14N6O2. The van der Waals surface area contributed by atoms with E-state index in [-0.39, 0.29) is 17.8 Å². The molecule has 3 rings (SSSR count). The molecule has 2 aromatic rings. The lowest BCUT2D eigenvalue weighted by Gasteiger charge is -2.01. The molecule has 8 heteroatoms. The molecule has 0 radical (unpaired) electrons. The highest BCUT2D eigenvalue weighted by Crippen LogP contribution is 2.20. The maximum Gasteiger partial charge on any atom is 0.293 e. The van der Waals surface area contributed by atoms with Gasteiger partial charge in [-0.15, -0.1) is 0 Å². The van der Waals surface area contributed by atoms with E-state index in [1.54, 1.807) is 12.5 Å². The van der Waals surface area contributed by atoms with Gasteiger partial charge >= 0.3 is 0 Å². The zero-order valence-electron chi connectivity index (χ0n) is 10.2. The van der Waals surface area contributed by atoms with E-state index < -0.39 is 0 Å². The molecule has 0 aromatic carbocycles. The van der Waals surface area contributed by atoms with Crippen molar-refractivity contribution < 1.29 is 9.32 Å². The van der Waals surface area contributed by atoms with Gasteiger partial charge in [0.1, 0.15) is 0 Å². The first kappa shape index (κ1) is 11.8. The first-order valence-electron chi connectivity index (χ1n) is 6.15. The quantitative estimate of drug-likeness (QED) is 0.723. The minimum absolute atomic E-state index is 0.0585. The Morgan fingerprint density at radius 2 is 2.53 bits per heavy atom. The van der Waals surface area contributed by atoms with Crippen molar-refractivity contribution in [3.05, 3.63) is 29.9 Å². The van der Waals surface area contributed by atoms with Gasteiger partial charge < -0.3 is 20.1 Å². The van der Waals surface area contributed by atoms with Crippen molar-refractivity contribution in [1.29, 1.82) is 0 Å². The lowest BCUT2D eigenvalue weighted by molar-refractivity contribution is 0.0937. The van der Waals surface area contributed by atoms with Crippen LogP contribution in [0.25, 0.3) is 0 Å². The summed E-state index contributed by atoms with van der Waals surface area (Å²) in [5.74, 6) is 0.176. The number of rotatable bonds is 4. The second-order valence-electron chi connectivity index (χ2n) is 4.36. The van der Waals surface area contributed by atoms with E-state index in [1.165, 1.54) is 0 Å². The molecule has 1 atom stereocenters. The molecule has 1 aliphatic heterocycles. The van der Waals surface area contributed by atoms with Gasteiger partial charge in [0, 0.05) is 6.20 Å². The Kier molecular flexibility index (Phi) is 3.23. The third-order valence-corrected chi connectivity index (χ3v) is 3.00. The van der Waals surface area contributed by atoms with E-state index in [9.17, 15) is 4.79 Å². The fourth-order valence-corrected chi connectivity index (χ4v) is 2.00. The highest BCUT2D eigenvalue weighted by atomic mass is 16.5. The summed E-state index contributed by atoms with van der Waals surface area (Å²) >= 11 is 0. The number of H-pyrrole nitrogens is 1. The highest BCUT2D eigenvalue weighted by molar-refractivity contribution is 5.90. The van der Waals surface area contributed by atoms with Crippen LogP contribution in [0.3, 0.4) is 0 Å². The highest BCUT2D eigenvalue weighted by Gasteiger charge is 2.24. The molecule has 0 aliphatic carbocycles. The number of imidazole rings is 1. The largest absolute Gasteiger partial charge is 0.347 e. The number of aromatic amines is 1. The molecular weight excluding hydrogens is 248 g/mol. The number of nitrogens with one attached hydrogen (secondary N) is 3. The van der Waals surface area contributed by atoms with Crippen molar-refractivity contribution in [3.63, 3.8) is 0 Å². The molecule has 3 N–H and O–H groups in total. The van der Waals surface area contributed by atoms with Crippen LogP contribution >= 0.6 is 0 Å². The predicted molar refractivity (Wildman–Crippen MR) is 64.0 cm³/mol. The maximum absolute atomic E-state index is 11.8. The summed E-state index contributed by atoms with van der Waals surface area (Å²) in [5.41, 5.74) is 0.814. The van der Waals surface area contributed by atoms with Crippen LogP contribution in [0, 0.1) is 0 Å². The van der Waals surface area contributed by atoms with Crippen LogP contribution < -0.4 is 10.6 Å². The molecule has 19 heavy (non-hydrogen) atoms. The number of amides is 1. The van der Waals surface area contributed by atoms with E-state index in [1.807, 2.05) is 0 Å². The minimum atomic E-state index is -0.359. The van der Waals surface area contributed by atoms with Crippen molar-refractivity contribution in [2.45, 2.75) is 25.4 Å². The van der Waals surface area contributed by atoms with Gasteiger partial charge in [-0.05, 0) is 19.4 Å². The first-order valence-corrected chi connectivity index (χ1v) is 6.15. The van der Waals surface area contributed by atoms with Gasteiger partial charge in [0.05, 0.1) is 24.6 Å². The number of hydrogen-bond donors (Lipinski definition) is 3. The molecule has 2 aromatic heterocycles. The molecule has 3 heterocycles. The number of carbonyl (C=O) groups excluding carboxylic acids is 1. The minimum Gasteiger partial charge on any atom is -0.347 e. The first-order chi connectivity index (χ1) is 9.33. The predicted octanol–water partition coefficient (Wildman–Crippen LogP) is 0.147. The summed E-state index contributed by atoms with van der Waals surface area (Å²) in [7, 11) is 0. The Hall–Kier alpha value is -2.22. The molecule has 1 unspecified atom stereocenters. The molecule has 100 valence electrons. The Morgan fingerprint density at radius 3 is 3.26 bits per heavy atom. The zero-order chi connectivity index (χ0) is 13.1. The lowest BCUT2D eigenvalue weighted by atomic mass is 10.2. The fraction of sp³-hybridized carbons (Fsp3) is 0.455. The van der Waals surface area contributed by atoms with Crippen LogP contribution in [0.1, 0.15) is 41.1 Å². The van der Waals surface area contributed by atoms with Crippen molar-refractivity contribution in [1.82, 2.24) is 30.7 Å². The standard InChI is InChI=1S/C11H14N6O2/c18-10(14-5-7-4-12-6-15-7)9-16-11(19-17-9)8-2-1-3-13-8/h4,6,8,13H,1-3,5H2,(H,12,15)(H,14,18). The third kappa shape index (κ3) is 2.63. The molecule has 1 aliphatic rings. The Morgan fingerprint density at radius 1 is 1.58 bits per heavy atom. The lowest BCUT2D eigenvalue weighted by Crippen LogP contribution is -2.24. The van der Waals surface area contributed by atoms with Gasteiger partial charge in [-0.3, -0.25) is 4.79 Å². The average Bonchev–Trinajstić information content (AvgIpc) is 3.14. The fourth-order valence-electron chi connectivity index (χ4n) is 2.00. The van der Waals surface area contributed by atoms with E-state index in [2.05, 4.69) is 30.7 Å². The van der Waals surface area contributed by atoms with Gasteiger partial charge in [0.15, 0.2) is 0 Å². The molecule has 0 saturated carbocycles. The van der Waals surface area contributed by atoms with Crippen molar-refractivity contribution in [2.24, 2.45) is 0 Å². The smallest absolute Gasteiger partial charge is 0.293 e. The van der Waals surface area contributed by atoms with E-state index in [0.29, 0.717) is 12.4 Å². The molecule has 8 nitrogen and oxygen atoms in total. The Balaban J connectivity index is 1.60. The van der Waals surface area contributed by atoms with Gasteiger partial charge in [0.2, 0.25) is 5.89 Å². The normalized spacial score (nSPS) is 18.6. The summed E-state index contributed by atoms with van der Waals surface area (Å²) in [5, 5.41) is 9.62. The Labute approximate surface area is 109 Å². The van der Waals surface area contributed by atoms with E-state index in [4.69, 9.17) is 4.52 Å². The topological polar surface area (TPSA) is 109 Å². The van der Waals surface area contributed by atoms with Crippen LogP contribution in [0.5, 0.6) is 0 Å². The SMILES string of the molecule is O=C(NCc1cnc[nH]1)c1noc(C2CCCN2)n1.